The Morgan fingerprint density at radius 1 is 1.03 bits per heavy atom. The van der Waals surface area contributed by atoms with Crippen LogP contribution in [0.3, 0.4) is 0 Å². The van der Waals surface area contributed by atoms with Gasteiger partial charge in [0.2, 0.25) is 5.76 Å². The zero-order chi connectivity index (χ0) is 21.4. The lowest BCUT2D eigenvalue weighted by atomic mass is 10.1. The lowest BCUT2D eigenvalue weighted by Crippen LogP contribution is -2.49. The van der Waals surface area contributed by atoms with E-state index in [1.165, 1.54) is 25.7 Å². The molecule has 1 saturated carbocycles. The van der Waals surface area contributed by atoms with E-state index in [1.54, 1.807) is 6.07 Å². The van der Waals surface area contributed by atoms with Gasteiger partial charge < -0.3 is 24.2 Å². The summed E-state index contributed by atoms with van der Waals surface area (Å²) in [5.74, 6) is -1.07. The third-order valence-electron chi connectivity index (χ3n) is 7.04. The Morgan fingerprint density at radius 2 is 1.81 bits per heavy atom. The lowest BCUT2D eigenvalue weighted by Gasteiger charge is -2.37. The van der Waals surface area contributed by atoms with Crippen molar-refractivity contribution in [1.29, 1.82) is 0 Å². The van der Waals surface area contributed by atoms with Gasteiger partial charge in [-0.15, -0.1) is 0 Å². The van der Waals surface area contributed by atoms with Crippen LogP contribution in [0.1, 0.15) is 36.2 Å². The SMILES string of the molecule is O=C(O)c1cc2c(N3CCN(CCN4CCN(C5CCCC5)C4=O)CC3)cccc2o1. The molecule has 0 bridgehead atoms. The number of benzene rings is 1. The summed E-state index contributed by atoms with van der Waals surface area (Å²) in [7, 11) is 0. The monoisotopic (exact) mass is 426 g/mol. The summed E-state index contributed by atoms with van der Waals surface area (Å²) in [6, 6.07) is 8.06. The second kappa shape index (κ2) is 8.42. The average molecular weight is 427 g/mol. The topological polar surface area (TPSA) is 80.5 Å². The maximum absolute atomic E-state index is 12.8. The van der Waals surface area contributed by atoms with Crippen molar-refractivity contribution in [3.8, 4) is 0 Å². The molecule has 1 aliphatic carbocycles. The summed E-state index contributed by atoms with van der Waals surface area (Å²) >= 11 is 0. The van der Waals surface area contributed by atoms with Crippen LogP contribution in [0.25, 0.3) is 11.0 Å². The number of amides is 2. The molecule has 8 nitrogen and oxygen atoms in total. The number of carboxylic acids is 1. The zero-order valence-corrected chi connectivity index (χ0v) is 17.8. The van der Waals surface area contributed by atoms with Crippen LogP contribution in [0.5, 0.6) is 0 Å². The number of fused-ring (bicyclic) bond motifs is 1. The summed E-state index contributed by atoms with van der Waals surface area (Å²) in [4.78, 5) is 32.8. The van der Waals surface area contributed by atoms with E-state index in [2.05, 4.69) is 14.7 Å². The molecule has 31 heavy (non-hydrogen) atoms. The van der Waals surface area contributed by atoms with Crippen LogP contribution in [-0.2, 0) is 0 Å². The van der Waals surface area contributed by atoms with E-state index < -0.39 is 5.97 Å². The number of rotatable bonds is 6. The molecule has 0 radical (unpaired) electrons. The van der Waals surface area contributed by atoms with Gasteiger partial charge in [0.15, 0.2) is 0 Å². The van der Waals surface area contributed by atoms with Gasteiger partial charge >= 0.3 is 12.0 Å². The molecule has 5 rings (SSSR count). The summed E-state index contributed by atoms with van der Waals surface area (Å²) in [6.45, 7) is 7.01. The first-order chi connectivity index (χ1) is 15.1. The molecule has 2 aliphatic heterocycles. The fourth-order valence-electron chi connectivity index (χ4n) is 5.26. The molecular formula is C23H30N4O4. The molecule has 1 N–H and O–H groups in total. The minimum Gasteiger partial charge on any atom is -0.475 e. The lowest BCUT2D eigenvalue weighted by molar-refractivity contribution is 0.0665. The first kappa shape index (κ1) is 20.2. The molecule has 1 aromatic carbocycles. The Kier molecular flexibility index (Phi) is 5.48. The van der Waals surface area contributed by atoms with Crippen LogP contribution in [0, 0.1) is 0 Å². The Hall–Kier alpha value is -2.74. The minimum atomic E-state index is -1.05. The number of carbonyl (C=O) groups excluding carboxylic acids is 1. The van der Waals surface area contributed by atoms with Gasteiger partial charge in [0, 0.05) is 75.5 Å². The van der Waals surface area contributed by atoms with E-state index >= 15 is 0 Å². The summed E-state index contributed by atoms with van der Waals surface area (Å²) < 4.78 is 5.46. The summed E-state index contributed by atoms with van der Waals surface area (Å²) in [5, 5.41) is 10.1. The fraction of sp³-hybridized carbons (Fsp3) is 0.565. The van der Waals surface area contributed by atoms with E-state index in [1.807, 2.05) is 23.1 Å². The number of carbonyl (C=O) groups is 2. The largest absolute Gasteiger partial charge is 0.475 e. The molecule has 3 aliphatic rings. The van der Waals surface area contributed by atoms with Crippen molar-refractivity contribution in [2.75, 3.05) is 57.3 Å². The van der Waals surface area contributed by atoms with Crippen LogP contribution in [0.4, 0.5) is 10.5 Å². The van der Waals surface area contributed by atoms with Crippen LogP contribution < -0.4 is 4.90 Å². The third kappa shape index (κ3) is 3.96. The normalized spacial score (nSPS) is 21.0. The summed E-state index contributed by atoms with van der Waals surface area (Å²) in [6.07, 6.45) is 4.84. The van der Waals surface area contributed by atoms with E-state index in [4.69, 9.17) is 4.42 Å². The van der Waals surface area contributed by atoms with Crippen LogP contribution in [0.15, 0.2) is 28.7 Å². The van der Waals surface area contributed by atoms with Crippen molar-refractivity contribution < 1.29 is 19.1 Å². The van der Waals surface area contributed by atoms with Crippen molar-refractivity contribution in [1.82, 2.24) is 14.7 Å². The van der Waals surface area contributed by atoms with Crippen molar-refractivity contribution in [2.45, 2.75) is 31.7 Å². The molecular weight excluding hydrogens is 396 g/mol. The first-order valence-electron chi connectivity index (χ1n) is 11.4. The van der Waals surface area contributed by atoms with Gasteiger partial charge in [0.25, 0.3) is 0 Å². The van der Waals surface area contributed by atoms with Gasteiger partial charge in [0.05, 0.1) is 0 Å². The molecule has 2 amide bonds. The number of hydrogen-bond donors (Lipinski definition) is 1. The highest BCUT2D eigenvalue weighted by Crippen LogP contribution is 2.30. The number of anilines is 1. The van der Waals surface area contributed by atoms with Crippen molar-refractivity contribution in [2.24, 2.45) is 0 Å². The van der Waals surface area contributed by atoms with Crippen LogP contribution >= 0.6 is 0 Å². The molecule has 0 atom stereocenters. The van der Waals surface area contributed by atoms with Gasteiger partial charge in [-0.25, -0.2) is 9.59 Å². The Morgan fingerprint density at radius 3 is 2.55 bits per heavy atom. The quantitative estimate of drug-likeness (QED) is 0.765. The maximum atomic E-state index is 12.8. The van der Waals surface area contributed by atoms with Gasteiger partial charge in [-0.05, 0) is 25.0 Å². The number of carboxylic acid groups (broad SMARTS) is 1. The van der Waals surface area contributed by atoms with Gasteiger partial charge in [-0.1, -0.05) is 18.9 Å². The second-order valence-corrected chi connectivity index (χ2v) is 8.83. The molecule has 2 saturated heterocycles. The molecule has 3 heterocycles. The predicted octanol–water partition coefficient (Wildman–Crippen LogP) is 2.93. The fourth-order valence-corrected chi connectivity index (χ4v) is 5.26. The minimum absolute atomic E-state index is 0.0250. The Balaban J connectivity index is 1.15. The predicted molar refractivity (Wildman–Crippen MR) is 118 cm³/mol. The Labute approximate surface area is 182 Å². The van der Waals surface area contributed by atoms with Crippen LogP contribution in [-0.4, -0.2) is 90.2 Å². The molecule has 8 heteroatoms. The van der Waals surface area contributed by atoms with E-state index in [9.17, 15) is 14.7 Å². The van der Waals surface area contributed by atoms with Crippen molar-refractivity contribution in [3.05, 3.63) is 30.0 Å². The van der Waals surface area contributed by atoms with Gasteiger partial charge in [-0.3, -0.25) is 4.90 Å². The number of nitrogens with zero attached hydrogens (tertiary/aromatic N) is 4. The molecule has 166 valence electrons. The molecule has 2 aromatic rings. The molecule has 0 spiro atoms. The number of furan rings is 1. The van der Waals surface area contributed by atoms with Gasteiger partial charge in [-0.2, -0.15) is 0 Å². The number of urea groups is 1. The molecule has 1 aromatic heterocycles. The van der Waals surface area contributed by atoms with Crippen molar-refractivity contribution in [3.63, 3.8) is 0 Å². The second-order valence-electron chi connectivity index (χ2n) is 8.83. The number of hydrogen-bond acceptors (Lipinski definition) is 5. The van der Waals surface area contributed by atoms with E-state index in [0.717, 1.165) is 63.4 Å². The Bertz CT molecular complexity index is 960. The van der Waals surface area contributed by atoms with Gasteiger partial charge in [0.1, 0.15) is 5.58 Å². The van der Waals surface area contributed by atoms with Crippen LogP contribution in [0.2, 0.25) is 0 Å². The average Bonchev–Trinajstić information content (AvgIpc) is 3.52. The molecule has 3 fully saturated rings. The zero-order valence-electron chi connectivity index (χ0n) is 17.8. The maximum Gasteiger partial charge on any atom is 0.371 e. The smallest absolute Gasteiger partial charge is 0.371 e. The molecule has 0 unspecified atom stereocenters. The summed E-state index contributed by atoms with van der Waals surface area (Å²) in [5.41, 5.74) is 1.63. The highest BCUT2D eigenvalue weighted by Gasteiger charge is 2.34. The first-order valence-corrected chi connectivity index (χ1v) is 11.4. The van der Waals surface area contributed by atoms with E-state index in [-0.39, 0.29) is 11.8 Å². The van der Waals surface area contributed by atoms with Crippen molar-refractivity contribution >= 4 is 28.7 Å². The highest BCUT2D eigenvalue weighted by molar-refractivity contribution is 5.97. The standard InChI is InChI=1S/C23H30N4O4/c28-22(29)21-16-18-19(6-3-7-20(18)31-21)25-11-8-24(9-12-25)10-13-26-14-15-27(23(26)30)17-4-1-2-5-17/h3,6-7,16-17H,1-2,4-5,8-15H2,(H,28,29). The van der Waals surface area contributed by atoms with E-state index in [0.29, 0.717) is 11.6 Å². The number of aromatic carboxylic acids is 1. The third-order valence-corrected chi connectivity index (χ3v) is 7.04. The number of piperazine rings is 1. The highest BCUT2D eigenvalue weighted by atomic mass is 16.4.